The Morgan fingerprint density at radius 3 is 2.46 bits per heavy atom. The number of rotatable bonds is 4. The van der Waals surface area contributed by atoms with Gasteiger partial charge in [-0.3, -0.25) is 9.13 Å². The molecule has 1 aliphatic rings. The molecule has 1 aliphatic heterocycles. The normalized spacial score (nSPS) is 28.0. The van der Waals surface area contributed by atoms with Crippen molar-refractivity contribution < 1.29 is 104 Å². The van der Waals surface area contributed by atoms with Crippen LogP contribution >= 0.6 is 7.82 Å². The Bertz CT molecular complexity index is 625. The molecule has 12 nitrogen and oxygen atoms in total. The van der Waals surface area contributed by atoms with Crippen LogP contribution in [0.2, 0.25) is 0 Å². The van der Waals surface area contributed by atoms with Crippen molar-refractivity contribution in [3.63, 3.8) is 0 Å². The third-order valence-corrected chi connectivity index (χ3v) is 3.29. The molecule has 1 saturated heterocycles. The standard InChI is InChI=1S/C9H13N2O9P.2Na.H2O/c12-5-1-2-11(9(15)10-5)8-7(14)6(13)4(20-8)3-19-21(16,17)18;;;/h1-2,4,6-8,13-14H,3H2,(H,10,12,15)(H2,16,17,18);;;1H2/q;2*+1;/p-2. The van der Waals surface area contributed by atoms with Gasteiger partial charge in [0.05, 0.1) is 6.61 Å². The van der Waals surface area contributed by atoms with E-state index in [0.29, 0.717) is 0 Å². The number of aliphatic hydroxyl groups excluding tert-OH is 2. The second-order valence-electron chi connectivity index (χ2n) is 4.27. The van der Waals surface area contributed by atoms with Gasteiger partial charge in [-0.2, -0.15) is 0 Å². The molecule has 2 rings (SSSR count). The molecule has 15 heteroatoms. The summed E-state index contributed by atoms with van der Waals surface area (Å²) in [5.74, 6) is -0.781. The Morgan fingerprint density at radius 1 is 1.38 bits per heavy atom. The zero-order chi connectivity index (χ0) is 15.8. The van der Waals surface area contributed by atoms with Crippen LogP contribution in [0.4, 0.5) is 0 Å². The summed E-state index contributed by atoms with van der Waals surface area (Å²) < 4.78 is 20.4. The van der Waals surface area contributed by atoms with E-state index in [4.69, 9.17) is 9.63 Å². The molecule has 1 aromatic heterocycles. The van der Waals surface area contributed by atoms with Gasteiger partial charge in [0.25, 0.3) is 7.82 Å². The summed E-state index contributed by atoms with van der Waals surface area (Å²) in [6.07, 6.45) is -4.82. The summed E-state index contributed by atoms with van der Waals surface area (Å²) in [7, 11) is -5.02. The minimum atomic E-state index is -5.02. The van der Waals surface area contributed by atoms with E-state index in [-0.39, 0.29) is 64.6 Å². The first-order chi connectivity index (χ1) is 9.69. The molecule has 24 heavy (non-hydrogen) atoms. The summed E-state index contributed by atoms with van der Waals surface area (Å²) in [6.45, 7) is -0.756. The summed E-state index contributed by atoms with van der Waals surface area (Å²) >= 11 is 0. The van der Waals surface area contributed by atoms with E-state index in [1.165, 1.54) is 0 Å². The van der Waals surface area contributed by atoms with Gasteiger partial charge in [-0.25, -0.2) is 9.78 Å². The fourth-order valence-corrected chi connectivity index (χ4v) is 2.19. The number of hydrogen-bond donors (Lipinski definition) is 3. The van der Waals surface area contributed by atoms with Crippen molar-refractivity contribution in [3.8, 4) is 5.88 Å². The monoisotopic (exact) mass is 386 g/mol. The van der Waals surface area contributed by atoms with Gasteiger partial charge in [-0.05, 0) is 11.9 Å². The second-order valence-corrected chi connectivity index (χ2v) is 5.46. The molecule has 0 aliphatic carbocycles. The summed E-state index contributed by atoms with van der Waals surface area (Å²) in [5.41, 5.74) is -1.00. The molecule has 1 aromatic rings. The molecule has 0 bridgehead atoms. The quantitative estimate of drug-likeness (QED) is 0.328. The van der Waals surface area contributed by atoms with Crippen molar-refractivity contribution in [2.24, 2.45) is 0 Å². The fraction of sp³-hybridized carbons (Fsp3) is 0.556. The van der Waals surface area contributed by atoms with Gasteiger partial charge in [0.2, 0.25) is 0 Å². The molecule has 0 aromatic carbocycles. The number of aromatic nitrogens is 2. The number of ether oxygens (including phenoxy) is 1. The zero-order valence-electron chi connectivity index (χ0n) is 12.8. The maximum atomic E-state index is 11.5. The van der Waals surface area contributed by atoms with E-state index in [1.807, 2.05) is 0 Å². The van der Waals surface area contributed by atoms with E-state index >= 15 is 0 Å². The number of phosphoric acid groups is 1. The van der Waals surface area contributed by atoms with Crippen LogP contribution in [0.3, 0.4) is 0 Å². The second kappa shape index (κ2) is 10.7. The predicted octanol–water partition coefficient (Wildman–Crippen LogP) is -10.4. The van der Waals surface area contributed by atoms with Crippen molar-refractivity contribution >= 4 is 7.82 Å². The number of aliphatic hydroxyl groups is 2. The minimum absolute atomic E-state index is 0. The van der Waals surface area contributed by atoms with Crippen LogP contribution in [0, 0.1) is 0 Å². The van der Waals surface area contributed by atoms with Gasteiger partial charge < -0.3 is 39.8 Å². The fourth-order valence-electron chi connectivity index (χ4n) is 1.86. The van der Waals surface area contributed by atoms with Gasteiger partial charge in [0, 0.05) is 6.20 Å². The Balaban J connectivity index is 0. The van der Waals surface area contributed by atoms with Crippen LogP contribution < -0.4 is 74.8 Å². The van der Waals surface area contributed by atoms with Crippen molar-refractivity contribution in [2.75, 3.05) is 6.61 Å². The topological polar surface area (TPSA) is 209 Å². The number of phosphoric ester groups is 1. The summed E-state index contributed by atoms with van der Waals surface area (Å²) in [5, 5.41) is 30.4. The van der Waals surface area contributed by atoms with Crippen LogP contribution in [-0.2, 0) is 13.8 Å². The Morgan fingerprint density at radius 2 is 1.96 bits per heavy atom. The van der Waals surface area contributed by atoms with E-state index in [2.05, 4.69) is 9.51 Å². The van der Waals surface area contributed by atoms with E-state index in [1.54, 1.807) is 0 Å². The SMILES string of the molecule is O.O=c1nc([O-])ccn1C1OC(COP(=O)([O-])O)C(O)C1O.[Na+].[Na+]. The van der Waals surface area contributed by atoms with Gasteiger partial charge in [-0.1, -0.05) is 0 Å². The summed E-state index contributed by atoms with van der Waals surface area (Å²) in [6, 6.07) is 0.952. The van der Waals surface area contributed by atoms with E-state index < -0.39 is 50.5 Å². The first-order valence-corrected chi connectivity index (χ1v) is 7.15. The Labute approximate surface area is 179 Å². The average Bonchev–Trinajstić information content (AvgIpc) is 2.64. The molecule has 1 fully saturated rings. The maximum absolute atomic E-state index is 11.5. The third kappa shape index (κ3) is 6.74. The number of nitrogens with zero attached hydrogens (tertiary/aromatic N) is 2. The molecular formula is C9H13N2Na2O10P. The Hall–Kier alpha value is 0.630. The smallest absolute Gasteiger partial charge is 0.858 e. The van der Waals surface area contributed by atoms with Crippen molar-refractivity contribution in [1.29, 1.82) is 0 Å². The molecule has 5 unspecified atom stereocenters. The van der Waals surface area contributed by atoms with E-state index in [9.17, 15) is 29.6 Å². The molecule has 2 heterocycles. The van der Waals surface area contributed by atoms with Gasteiger partial charge in [0.1, 0.15) is 18.3 Å². The van der Waals surface area contributed by atoms with Crippen LogP contribution in [-0.4, -0.2) is 55.1 Å². The molecule has 0 spiro atoms. The molecule has 126 valence electrons. The van der Waals surface area contributed by atoms with Crippen LogP contribution in [0.25, 0.3) is 0 Å². The molecule has 5 N–H and O–H groups in total. The molecule has 0 amide bonds. The first kappa shape index (κ1) is 26.9. The zero-order valence-corrected chi connectivity index (χ0v) is 17.7. The maximum Gasteiger partial charge on any atom is 1.00 e. The average molecular weight is 386 g/mol. The molecule has 0 radical (unpaired) electrons. The molecular weight excluding hydrogens is 373 g/mol. The molecule has 0 saturated carbocycles. The van der Waals surface area contributed by atoms with Crippen LogP contribution in [0.1, 0.15) is 6.23 Å². The van der Waals surface area contributed by atoms with Crippen LogP contribution in [0.5, 0.6) is 5.88 Å². The van der Waals surface area contributed by atoms with Gasteiger partial charge in [0.15, 0.2) is 6.23 Å². The van der Waals surface area contributed by atoms with Crippen molar-refractivity contribution in [3.05, 3.63) is 22.7 Å². The van der Waals surface area contributed by atoms with Crippen LogP contribution in [0.15, 0.2) is 17.1 Å². The summed E-state index contributed by atoms with van der Waals surface area (Å²) in [4.78, 5) is 33.6. The van der Waals surface area contributed by atoms with Gasteiger partial charge >= 0.3 is 64.8 Å². The Kier molecular flexibility index (Phi) is 12.0. The van der Waals surface area contributed by atoms with E-state index in [0.717, 1.165) is 16.8 Å². The van der Waals surface area contributed by atoms with Crippen molar-refractivity contribution in [2.45, 2.75) is 24.5 Å². The van der Waals surface area contributed by atoms with Crippen molar-refractivity contribution in [1.82, 2.24) is 9.55 Å². The number of hydrogen-bond acceptors (Lipinski definition) is 9. The van der Waals surface area contributed by atoms with Gasteiger partial charge in [-0.15, -0.1) is 0 Å². The predicted molar refractivity (Wildman–Crippen MR) is 63.3 cm³/mol. The third-order valence-electron chi connectivity index (χ3n) is 2.82. The first-order valence-electron chi connectivity index (χ1n) is 5.65. The molecule has 5 atom stereocenters. The largest absolute Gasteiger partial charge is 1.00 e. The minimum Gasteiger partial charge on any atom is -0.858 e.